The molecule has 20 heavy (non-hydrogen) atoms. The second-order valence-corrected chi connectivity index (χ2v) is 7.19. The first-order valence-electron chi connectivity index (χ1n) is 6.89. The second-order valence-electron chi connectivity index (χ2n) is 5.39. The van der Waals surface area contributed by atoms with E-state index in [1.165, 1.54) is 23.3 Å². The van der Waals surface area contributed by atoms with E-state index in [1.807, 2.05) is 29.5 Å². The standard InChI is InChI=1S/C16H17Cl2NS/c1-10(12-6-7-13(17)14(18)9-12)19-16(11-4-5-11)15-3-2-8-20-15/h2-3,6-11,16,19H,4-5H2,1H3. The predicted octanol–water partition coefficient (Wildman–Crippen LogP) is 5.86. The molecule has 1 aromatic heterocycles. The minimum absolute atomic E-state index is 0.262. The molecule has 1 heterocycles. The van der Waals surface area contributed by atoms with E-state index in [0.29, 0.717) is 16.1 Å². The average Bonchev–Trinajstić information content (AvgIpc) is 3.13. The first-order valence-corrected chi connectivity index (χ1v) is 8.53. The highest BCUT2D eigenvalue weighted by atomic mass is 35.5. The molecule has 1 aliphatic carbocycles. The third-order valence-corrected chi connectivity index (χ3v) is 5.51. The van der Waals surface area contributed by atoms with Crippen LogP contribution in [-0.4, -0.2) is 0 Å². The molecule has 0 bridgehead atoms. The van der Waals surface area contributed by atoms with Gasteiger partial charge in [-0.05, 0) is 54.8 Å². The number of hydrogen-bond donors (Lipinski definition) is 1. The molecule has 2 aromatic rings. The molecule has 106 valence electrons. The van der Waals surface area contributed by atoms with Gasteiger partial charge in [0.25, 0.3) is 0 Å². The molecule has 1 nitrogen and oxygen atoms in total. The molecular weight excluding hydrogens is 309 g/mol. The molecule has 0 saturated heterocycles. The lowest BCUT2D eigenvalue weighted by molar-refractivity contribution is 0.433. The van der Waals surface area contributed by atoms with Crippen LogP contribution in [0.2, 0.25) is 10.0 Å². The lowest BCUT2D eigenvalue weighted by Gasteiger charge is -2.23. The molecule has 2 unspecified atom stereocenters. The summed E-state index contributed by atoms with van der Waals surface area (Å²) < 4.78 is 0. The molecule has 1 saturated carbocycles. The van der Waals surface area contributed by atoms with Crippen molar-refractivity contribution in [2.45, 2.75) is 31.8 Å². The zero-order chi connectivity index (χ0) is 14.1. The van der Waals surface area contributed by atoms with Gasteiger partial charge in [0.15, 0.2) is 0 Å². The van der Waals surface area contributed by atoms with Crippen LogP contribution >= 0.6 is 34.5 Å². The van der Waals surface area contributed by atoms with E-state index in [2.05, 4.69) is 29.8 Å². The van der Waals surface area contributed by atoms with Crippen molar-refractivity contribution in [3.8, 4) is 0 Å². The van der Waals surface area contributed by atoms with Crippen molar-refractivity contribution in [1.82, 2.24) is 5.32 Å². The van der Waals surface area contributed by atoms with Crippen molar-refractivity contribution in [2.75, 3.05) is 0 Å². The summed E-state index contributed by atoms with van der Waals surface area (Å²) in [6, 6.07) is 10.9. The summed E-state index contributed by atoms with van der Waals surface area (Å²) in [5.41, 5.74) is 1.18. The second kappa shape index (κ2) is 6.07. The quantitative estimate of drug-likeness (QED) is 0.726. The monoisotopic (exact) mass is 325 g/mol. The number of halogens is 2. The molecule has 1 fully saturated rings. The van der Waals surface area contributed by atoms with E-state index in [0.717, 1.165) is 5.92 Å². The fraction of sp³-hybridized carbons (Fsp3) is 0.375. The number of thiophene rings is 1. The Hall–Kier alpha value is -0.540. The molecule has 1 aliphatic rings. The van der Waals surface area contributed by atoms with Crippen molar-refractivity contribution in [1.29, 1.82) is 0 Å². The van der Waals surface area contributed by atoms with E-state index < -0.39 is 0 Å². The van der Waals surface area contributed by atoms with Crippen LogP contribution in [0.3, 0.4) is 0 Å². The Balaban J connectivity index is 1.76. The Kier molecular flexibility index (Phi) is 4.37. The molecule has 1 N–H and O–H groups in total. The fourth-order valence-electron chi connectivity index (χ4n) is 2.50. The van der Waals surface area contributed by atoms with Crippen LogP contribution in [0.25, 0.3) is 0 Å². The Morgan fingerprint density at radius 2 is 2.00 bits per heavy atom. The summed E-state index contributed by atoms with van der Waals surface area (Å²) in [7, 11) is 0. The van der Waals surface area contributed by atoms with Gasteiger partial charge in [-0.1, -0.05) is 35.3 Å². The van der Waals surface area contributed by atoms with E-state index >= 15 is 0 Å². The third-order valence-electron chi connectivity index (χ3n) is 3.82. The Morgan fingerprint density at radius 3 is 2.60 bits per heavy atom. The number of benzene rings is 1. The zero-order valence-corrected chi connectivity index (χ0v) is 13.6. The summed E-state index contributed by atoms with van der Waals surface area (Å²) in [4.78, 5) is 1.43. The summed E-state index contributed by atoms with van der Waals surface area (Å²) in [5.74, 6) is 0.777. The van der Waals surface area contributed by atoms with Gasteiger partial charge in [0.1, 0.15) is 0 Å². The summed E-state index contributed by atoms with van der Waals surface area (Å²) in [6.07, 6.45) is 2.65. The summed E-state index contributed by atoms with van der Waals surface area (Å²) in [6.45, 7) is 2.18. The molecule has 3 rings (SSSR count). The maximum Gasteiger partial charge on any atom is 0.0595 e. The van der Waals surface area contributed by atoms with Gasteiger partial charge in [0, 0.05) is 17.0 Å². The molecule has 0 amide bonds. The van der Waals surface area contributed by atoms with Crippen molar-refractivity contribution in [2.24, 2.45) is 5.92 Å². The Morgan fingerprint density at radius 1 is 1.20 bits per heavy atom. The molecule has 4 heteroatoms. The van der Waals surface area contributed by atoms with Gasteiger partial charge in [-0.3, -0.25) is 0 Å². The first kappa shape index (κ1) is 14.4. The van der Waals surface area contributed by atoms with Crippen LogP contribution in [0.1, 0.15) is 42.3 Å². The molecule has 2 atom stereocenters. The zero-order valence-electron chi connectivity index (χ0n) is 11.3. The minimum atomic E-state index is 0.262. The molecular formula is C16H17Cl2NS. The van der Waals surface area contributed by atoms with Gasteiger partial charge in [-0.25, -0.2) is 0 Å². The van der Waals surface area contributed by atoms with Gasteiger partial charge in [-0.2, -0.15) is 0 Å². The Bertz CT molecular complexity index is 578. The van der Waals surface area contributed by atoms with Crippen molar-refractivity contribution in [3.63, 3.8) is 0 Å². The average molecular weight is 326 g/mol. The largest absolute Gasteiger partial charge is 0.302 e. The predicted molar refractivity (Wildman–Crippen MR) is 87.8 cm³/mol. The van der Waals surface area contributed by atoms with Crippen LogP contribution in [0.4, 0.5) is 0 Å². The van der Waals surface area contributed by atoms with Crippen molar-refractivity contribution < 1.29 is 0 Å². The van der Waals surface area contributed by atoms with Crippen LogP contribution in [0.5, 0.6) is 0 Å². The van der Waals surface area contributed by atoms with Crippen LogP contribution in [0, 0.1) is 5.92 Å². The lowest BCUT2D eigenvalue weighted by Crippen LogP contribution is -2.25. The topological polar surface area (TPSA) is 12.0 Å². The third kappa shape index (κ3) is 3.20. The maximum absolute atomic E-state index is 6.11. The van der Waals surface area contributed by atoms with E-state index in [-0.39, 0.29) is 6.04 Å². The van der Waals surface area contributed by atoms with Gasteiger partial charge in [0.05, 0.1) is 10.0 Å². The molecule has 1 aromatic carbocycles. The lowest BCUT2D eigenvalue weighted by atomic mass is 10.0. The summed E-state index contributed by atoms with van der Waals surface area (Å²) >= 11 is 13.9. The molecule has 0 radical (unpaired) electrons. The van der Waals surface area contributed by atoms with E-state index in [4.69, 9.17) is 23.2 Å². The SMILES string of the molecule is CC(NC(c1cccs1)C1CC1)c1ccc(Cl)c(Cl)c1. The van der Waals surface area contributed by atoms with Crippen LogP contribution < -0.4 is 5.32 Å². The minimum Gasteiger partial charge on any atom is -0.302 e. The van der Waals surface area contributed by atoms with Crippen molar-refractivity contribution in [3.05, 3.63) is 56.2 Å². The van der Waals surface area contributed by atoms with Gasteiger partial charge >= 0.3 is 0 Å². The van der Waals surface area contributed by atoms with Crippen LogP contribution in [-0.2, 0) is 0 Å². The number of nitrogens with one attached hydrogen (secondary N) is 1. The van der Waals surface area contributed by atoms with Crippen LogP contribution in [0.15, 0.2) is 35.7 Å². The normalized spacial score (nSPS) is 17.9. The summed E-state index contributed by atoms with van der Waals surface area (Å²) in [5, 5.41) is 7.13. The van der Waals surface area contributed by atoms with E-state index in [9.17, 15) is 0 Å². The number of rotatable bonds is 5. The fourth-order valence-corrected chi connectivity index (χ4v) is 3.68. The van der Waals surface area contributed by atoms with Gasteiger partial charge in [0.2, 0.25) is 0 Å². The smallest absolute Gasteiger partial charge is 0.0595 e. The van der Waals surface area contributed by atoms with Gasteiger partial charge < -0.3 is 5.32 Å². The van der Waals surface area contributed by atoms with E-state index in [1.54, 1.807) is 0 Å². The van der Waals surface area contributed by atoms with Crippen molar-refractivity contribution >= 4 is 34.5 Å². The number of hydrogen-bond acceptors (Lipinski definition) is 2. The van der Waals surface area contributed by atoms with Gasteiger partial charge in [-0.15, -0.1) is 11.3 Å². The highest BCUT2D eigenvalue weighted by molar-refractivity contribution is 7.10. The molecule has 0 aliphatic heterocycles. The highest BCUT2D eigenvalue weighted by Crippen LogP contribution is 2.43. The molecule has 0 spiro atoms. The first-order chi connectivity index (χ1) is 9.65. The maximum atomic E-state index is 6.11. The highest BCUT2D eigenvalue weighted by Gasteiger charge is 2.33. The Labute approximate surface area is 133 Å².